The summed E-state index contributed by atoms with van der Waals surface area (Å²) in [4.78, 5) is 10.3. The number of benzene rings is 3. The molecule has 3 aromatic carbocycles. The number of aryl methyl sites for hydroxylation is 1. The molecule has 0 amide bonds. The zero-order chi connectivity index (χ0) is 20.8. The minimum absolute atomic E-state index is 0.0322. The first kappa shape index (κ1) is 20.1. The minimum Gasteiger partial charge on any atom is -0.487 e. The molecule has 0 aromatic heterocycles. The van der Waals surface area contributed by atoms with E-state index >= 15 is 0 Å². The van der Waals surface area contributed by atoms with E-state index in [9.17, 15) is 15.4 Å². The van der Waals surface area contributed by atoms with Crippen molar-refractivity contribution in [2.24, 2.45) is 0 Å². The van der Waals surface area contributed by atoms with Gasteiger partial charge in [-0.2, -0.15) is 5.26 Å². The number of allylic oxidation sites excluding steroid dienone is 1. The zero-order valence-electron chi connectivity index (χ0n) is 15.6. The van der Waals surface area contributed by atoms with E-state index in [4.69, 9.17) is 16.3 Å². The predicted molar refractivity (Wildman–Crippen MR) is 114 cm³/mol. The molecule has 5 nitrogen and oxygen atoms in total. The number of hydrogen-bond acceptors (Lipinski definition) is 4. The van der Waals surface area contributed by atoms with Crippen LogP contribution < -0.4 is 4.74 Å². The topological polar surface area (TPSA) is 76.2 Å². The molecule has 0 heterocycles. The molecule has 0 atom stereocenters. The Hall–Kier alpha value is -3.62. The molecule has 0 N–H and O–H groups in total. The molecule has 0 fully saturated rings. The number of rotatable bonds is 6. The lowest BCUT2D eigenvalue weighted by Crippen LogP contribution is -1.97. The normalized spacial score (nSPS) is 11.0. The fraction of sp³-hybridized carbons (Fsp3) is 0.0870. The summed E-state index contributed by atoms with van der Waals surface area (Å²) in [6, 6.07) is 21.4. The molecule has 0 unspecified atom stereocenters. The Kier molecular flexibility index (Phi) is 6.28. The van der Waals surface area contributed by atoms with Crippen LogP contribution in [0, 0.1) is 28.4 Å². The molecule has 3 aromatic rings. The number of nitrogens with zero attached hydrogens (tertiary/aromatic N) is 2. The number of halogens is 1. The molecule has 0 radical (unpaired) electrons. The number of non-ortho nitro benzene ring substituents is 1. The fourth-order valence-corrected chi connectivity index (χ4v) is 2.92. The van der Waals surface area contributed by atoms with Crippen molar-refractivity contribution in [3.63, 3.8) is 0 Å². The standard InChI is InChI=1S/C23H17ClN2O3/c1-16-2-7-19(8-3-16)20(14-25)12-18-6-11-23(22(24)13-18)29-15-17-4-9-21(10-5-17)26(27)28/h2-13H,15H2,1H3/b20-12+. The second kappa shape index (κ2) is 9.05. The van der Waals surface area contributed by atoms with Gasteiger partial charge in [-0.25, -0.2) is 0 Å². The Morgan fingerprint density at radius 1 is 1.14 bits per heavy atom. The summed E-state index contributed by atoms with van der Waals surface area (Å²) in [5, 5.41) is 20.6. The molecule has 3 rings (SSSR count). The lowest BCUT2D eigenvalue weighted by atomic mass is 10.0. The minimum atomic E-state index is -0.445. The van der Waals surface area contributed by atoms with Crippen molar-refractivity contribution in [1.82, 2.24) is 0 Å². The van der Waals surface area contributed by atoms with E-state index in [1.807, 2.05) is 37.3 Å². The summed E-state index contributed by atoms with van der Waals surface area (Å²) in [6.07, 6.45) is 1.77. The van der Waals surface area contributed by atoms with Crippen LogP contribution in [0.3, 0.4) is 0 Å². The highest BCUT2D eigenvalue weighted by molar-refractivity contribution is 6.32. The third-order valence-corrected chi connectivity index (χ3v) is 4.59. The second-order valence-electron chi connectivity index (χ2n) is 6.44. The quantitative estimate of drug-likeness (QED) is 0.212. The van der Waals surface area contributed by atoms with E-state index < -0.39 is 4.92 Å². The molecule has 144 valence electrons. The Morgan fingerprint density at radius 2 is 1.83 bits per heavy atom. The van der Waals surface area contributed by atoms with Gasteiger partial charge >= 0.3 is 0 Å². The Balaban J connectivity index is 1.73. The van der Waals surface area contributed by atoms with Crippen molar-refractivity contribution < 1.29 is 9.66 Å². The summed E-state index contributed by atoms with van der Waals surface area (Å²) < 4.78 is 5.72. The van der Waals surface area contributed by atoms with Crippen LogP contribution in [0.2, 0.25) is 5.02 Å². The molecule has 0 aliphatic carbocycles. The molecule has 0 bridgehead atoms. The van der Waals surface area contributed by atoms with Crippen molar-refractivity contribution in [1.29, 1.82) is 5.26 Å². The SMILES string of the molecule is Cc1ccc(/C(C#N)=C/c2ccc(OCc3ccc([N+](=O)[O-])cc3)c(Cl)c2)cc1. The number of nitro groups is 1. The van der Waals surface area contributed by atoms with E-state index in [0.717, 1.165) is 22.3 Å². The predicted octanol–water partition coefficient (Wildman–Crippen LogP) is 6.20. The highest BCUT2D eigenvalue weighted by Gasteiger charge is 2.07. The molecule has 29 heavy (non-hydrogen) atoms. The molecule has 0 saturated heterocycles. The van der Waals surface area contributed by atoms with Gasteiger partial charge in [-0.05, 0) is 54.0 Å². The van der Waals surface area contributed by atoms with Crippen LogP contribution in [0.25, 0.3) is 11.6 Å². The maximum atomic E-state index is 10.7. The van der Waals surface area contributed by atoms with Gasteiger partial charge in [0.05, 0.1) is 21.6 Å². The van der Waals surface area contributed by atoms with Gasteiger partial charge in [0.1, 0.15) is 12.4 Å². The largest absolute Gasteiger partial charge is 0.487 e. The van der Waals surface area contributed by atoms with Crippen LogP contribution in [0.5, 0.6) is 5.75 Å². The van der Waals surface area contributed by atoms with E-state index in [1.165, 1.54) is 12.1 Å². The van der Waals surface area contributed by atoms with Gasteiger partial charge in [0.25, 0.3) is 5.69 Å². The van der Waals surface area contributed by atoms with Crippen molar-refractivity contribution in [3.05, 3.63) is 104 Å². The van der Waals surface area contributed by atoms with Gasteiger partial charge in [-0.3, -0.25) is 10.1 Å². The Labute approximate surface area is 173 Å². The van der Waals surface area contributed by atoms with Crippen LogP contribution in [0.4, 0.5) is 5.69 Å². The highest BCUT2D eigenvalue weighted by atomic mass is 35.5. The summed E-state index contributed by atoms with van der Waals surface area (Å²) in [6.45, 7) is 2.23. The van der Waals surface area contributed by atoms with Crippen molar-refractivity contribution in [2.75, 3.05) is 0 Å². The van der Waals surface area contributed by atoms with Gasteiger partial charge in [-0.15, -0.1) is 0 Å². The van der Waals surface area contributed by atoms with Gasteiger partial charge in [0.15, 0.2) is 0 Å². The highest BCUT2D eigenvalue weighted by Crippen LogP contribution is 2.28. The van der Waals surface area contributed by atoms with Crippen molar-refractivity contribution >= 4 is 28.9 Å². The first-order chi connectivity index (χ1) is 14.0. The van der Waals surface area contributed by atoms with Gasteiger partial charge in [-0.1, -0.05) is 47.5 Å². The summed E-state index contributed by atoms with van der Waals surface area (Å²) in [5.41, 5.74) is 4.12. The summed E-state index contributed by atoms with van der Waals surface area (Å²) >= 11 is 6.33. The first-order valence-corrected chi connectivity index (χ1v) is 9.18. The average molecular weight is 405 g/mol. The number of nitro benzene ring substituents is 1. The lowest BCUT2D eigenvalue weighted by molar-refractivity contribution is -0.384. The monoisotopic (exact) mass is 404 g/mol. The summed E-state index contributed by atoms with van der Waals surface area (Å²) in [5.74, 6) is 0.496. The van der Waals surface area contributed by atoms with Crippen LogP contribution in [0.1, 0.15) is 22.3 Å². The van der Waals surface area contributed by atoms with Gasteiger partial charge in [0.2, 0.25) is 0 Å². The smallest absolute Gasteiger partial charge is 0.269 e. The number of nitriles is 1. The lowest BCUT2D eigenvalue weighted by Gasteiger charge is -2.09. The third-order valence-electron chi connectivity index (χ3n) is 4.29. The Bertz CT molecular complexity index is 1100. The van der Waals surface area contributed by atoms with E-state index in [2.05, 4.69) is 6.07 Å². The second-order valence-corrected chi connectivity index (χ2v) is 6.85. The number of ether oxygens (including phenoxy) is 1. The van der Waals surface area contributed by atoms with Crippen molar-refractivity contribution in [3.8, 4) is 11.8 Å². The van der Waals surface area contributed by atoms with E-state index in [1.54, 1.807) is 30.3 Å². The maximum absolute atomic E-state index is 10.7. The van der Waals surface area contributed by atoms with Crippen molar-refractivity contribution in [2.45, 2.75) is 13.5 Å². The van der Waals surface area contributed by atoms with Crippen LogP contribution in [-0.2, 0) is 6.61 Å². The van der Waals surface area contributed by atoms with E-state index in [0.29, 0.717) is 16.3 Å². The molecule has 0 aliphatic heterocycles. The molecule has 0 aliphatic rings. The number of hydrogen-bond donors (Lipinski definition) is 0. The van der Waals surface area contributed by atoms with Gasteiger partial charge < -0.3 is 4.74 Å². The van der Waals surface area contributed by atoms with Crippen LogP contribution >= 0.6 is 11.6 Å². The molecule has 0 saturated carbocycles. The zero-order valence-corrected chi connectivity index (χ0v) is 16.4. The van der Waals surface area contributed by atoms with Gasteiger partial charge in [0, 0.05) is 12.1 Å². The molecular formula is C23H17ClN2O3. The molecule has 0 spiro atoms. The van der Waals surface area contributed by atoms with E-state index in [-0.39, 0.29) is 12.3 Å². The summed E-state index contributed by atoms with van der Waals surface area (Å²) in [7, 11) is 0. The first-order valence-electron chi connectivity index (χ1n) is 8.81. The van der Waals surface area contributed by atoms with Crippen LogP contribution in [0.15, 0.2) is 66.7 Å². The molecule has 6 heteroatoms. The maximum Gasteiger partial charge on any atom is 0.269 e. The third kappa shape index (κ3) is 5.22. The molecular weight excluding hydrogens is 388 g/mol. The Morgan fingerprint density at radius 3 is 2.41 bits per heavy atom. The fourth-order valence-electron chi connectivity index (χ4n) is 2.68. The average Bonchev–Trinajstić information content (AvgIpc) is 2.72. The van der Waals surface area contributed by atoms with Crippen LogP contribution in [-0.4, -0.2) is 4.92 Å².